The molecule has 2 heterocycles. The van der Waals surface area contributed by atoms with Crippen molar-refractivity contribution in [3.05, 3.63) is 106 Å². The van der Waals surface area contributed by atoms with E-state index in [4.69, 9.17) is 31.2 Å². The lowest BCUT2D eigenvalue weighted by atomic mass is 9.93. The van der Waals surface area contributed by atoms with Crippen LogP contribution in [0.5, 0.6) is 11.5 Å². The van der Waals surface area contributed by atoms with Crippen molar-refractivity contribution in [2.75, 3.05) is 18.5 Å². The predicted octanol–water partition coefficient (Wildman–Crippen LogP) is 7.12. The van der Waals surface area contributed by atoms with E-state index in [0.717, 1.165) is 23.2 Å². The van der Waals surface area contributed by atoms with Crippen LogP contribution in [-0.2, 0) is 17.0 Å². The van der Waals surface area contributed by atoms with Gasteiger partial charge < -0.3 is 14.8 Å². The molecule has 1 aromatic heterocycles. The van der Waals surface area contributed by atoms with Crippen molar-refractivity contribution in [1.29, 1.82) is 0 Å². The standard InChI is InChI=1S/C31H31ClN4O3S/c1-4-38-27-18-23(14-15-26(27)39-17-16-22-10-6-5-7-11-22)29-28(21(3)37)20(2)33-30-34-31(35-36(29)30)40-19-24-12-8-9-13-25(24)32/h5-15,18,29H,4,16-17,19H2,1-3H3,(H,33,34,35). The van der Waals surface area contributed by atoms with Gasteiger partial charge in [0.15, 0.2) is 17.3 Å². The second-order valence-corrected chi connectivity index (χ2v) is 10.7. The number of carbonyl (C=O) groups is 1. The minimum absolute atomic E-state index is 0.0393. The summed E-state index contributed by atoms with van der Waals surface area (Å²) in [5.74, 6) is 2.46. The Kier molecular flexibility index (Phi) is 8.77. The van der Waals surface area contributed by atoms with Gasteiger partial charge in [0.05, 0.1) is 13.2 Å². The Bertz CT molecular complexity index is 1540. The first-order valence-corrected chi connectivity index (χ1v) is 14.6. The Morgan fingerprint density at radius 2 is 1.82 bits per heavy atom. The molecule has 1 aliphatic rings. The first-order chi connectivity index (χ1) is 19.4. The summed E-state index contributed by atoms with van der Waals surface area (Å²) in [7, 11) is 0. The van der Waals surface area contributed by atoms with Gasteiger partial charge in [0.2, 0.25) is 11.1 Å². The summed E-state index contributed by atoms with van der Waals surface area (Å²) in [5.41, 5.74) is 4.45. The average Bonchev–Trinajstić information content (AvgIpc) is 3.35. The number of allylic oxidation sites excluding steroid dienone is 2. The number of ketones is 1. The lowest BCUT2D eigenvalue weighted by molar-refractivity contribution is -0.114. The molecule has 40 heavy (non-hydrogen) atoms. The van der Waals surface area contributed by atoms with Gasteiger partial charge in [-0.2, -0.15) is 4.98 Å². The van der Waals surface area contributed by atoms with E-state index in [1.165, 1.54) is 17.3 Å². The predicted molar refractivity (Wildman–Crippen MR) is 159 cm³/mol. The van der Waals surface area contributed by atoms with Crippen LogP contribution in [0.25, 0.3) is 0 Å². The number of thioether (sulfide) groups is 1. The number of nitrogens with zero attached hydrogens (tertiary/aromatic N) is 3. The largest absolute Gasteiger partial charge is 0.490 e. The number of halogens is 1. The number of fused-ring (bicyclic) bond motifs is 1. The molecule has 4 aromatic rings. The molecule has 0 bridgehead atoms. The van der Waals surface area contributed by atoms with Crippen LogP contribution in [0.2, 0.25) is 5.02 Å². The topological polar surface area (TPSA) is 78.3 Å². The maximum Gasteiger partial charge on any atom is 0.227 e. The fourth-order valence-electron chi connectivity index (χ4n) is 4.72. The van der Waals surface area contributed by atoms with Gasteiger partial charge in [0.25, 0.3) is 0 Å². The monoisotopic (exact) mass is 574 g/mol. The molecule has 1 atom stereocenters. The molecule has 0 saturated carbocycles. The highest BCUT2D eigenvalue weighted by molar-refractivity contribution is 7.98. The summed E-state index contributed by atoms with van der Waals surface area (Å²) in [5, 5.41) is 9.38. The van der Waals surface area contributed by atoms with Crippen molar-refractivity contribution in [2.45, 2.75) is 44.1 Å². The first kappa shape index (κ1) is 27.8. The second-order valence-electron chi connectivity index (χ2n) is 9.39. The van der Waals surface area contributed by atoms with Gasteiger partial charge in [-0.25, -0.2) is 4.68 Å². The van der Waals surface area contributed by atoms with Crippen molar-refractivity contribution in [3.63, 3.8) is 0 Å². The number of ether oxygens (including phenoxy) is 2. The van der Waals surface area contributed by atoms with Crippen molar-refractivity contribution in [2.24, 2.45) is 0 Å². The summed E-state index contributed by atoms with van der Waals surface area (Å²) in [4.78, 5) is 17.6. The summed E-state index contributed by atoms with van der Waals surface area (Å²) in [6, 6.07) is 23.3. The number of carbonyl (C=O) groups excluding carboxylic acids is 1. The lowest BCUT2D eigenvalue weighted by Crippen LogP contribution is -2.27. The number of rotatable bonds is 11. The van der Waals surface area contributed by atoms with Crippen LogP contribution >= 0.6 is 23.4 Å². The molecule has 1 N–H and O–H groups in total. The van der Waals surface area contributed by atoms with E-state index >= 15 is 0 Å². The maximum absolute atomic E-state index is 12.9. The Morgan fingerprint density at radius 3 is 2.58 bits per heavy atom. The molecule has 5 rings (SSSR count). The molecular formula is C31H31ClN4O3S. The third-order valence-corrected chi connectivity index (χ3v) is 7.86. The van der Waals surface area contributed by atoms with Gasteiger partial charge in [0.1, 0.15) is 6.04 Å². The number of hydrogen-bond donors (Lipinski definition) is 1. The normalized spacial score (nSPS) is 14.4. The van der Waals surface area contributed by atoms with Crippen molar-refractivity contribution < 1.29 is 14.3 Å². The van der Waals surface area contributed by atoms with Crippen LogP contribution in [0.4, 0.5) is 5.95 Å². The zero-order chi connectivity index (χ0) is 28.1. The van der Waals surface area contributed by atoms with Crippen molar-refractivity contribution in [1.82, 2.24) is 14.8 Å². The Labute approximate surface area is 243 Å². The highest BCUT2D eigenvalue weighted by Gasteiger charge is 2.33. The van der Waals surface area contributed by atoms with Crippen LogP contribution in [0.15, 0.2) is 89.2 Å². The lowest BCUT2D eigenvalue weighted by Gasteiger charge is -2.28. The molecule has 0 spiro atoms. The molecule has 0 radical (unpaired) electrons. The molecule has 0 aliphatic carbocycles. The zero-order valence-corrected chi connectivity index (χ0v) is 24.3. The quantitative estimate of drug-likeness (QED) is 0.191. The molecule has 0 saturated heterocycles. The minimum atomic E-state index is -0.464. The van der Waals surface area contributed by atoms with Gasteiger partial charge >= 0.3 is 0 Å². The van der Waals surface area contributed by atoms with E-state index in [1.54, 1.807) is 11.6 Å². The third kappa shape index (κ3) is 6.18. The van der Waals surface area contributed by atoms with E-state index in [2.05, 4.69) is 17.4 Å². The van der Waals surface area contributed by atoms with Gasteiger partial charge in [-0.3, -0.25) is 4.79 Å². The van der Waals surface area contributed by atoms with Crippen LogP contribution in [0, 0.1) is 0 Å². The fraction of sp³-hybridized carbons (Fsp3) is 0.258. The van der Waals surface area contributed by atoms with Gasteiger partial charge in [-0.1, -0.05) is 78.0 Å². The zero-order valence-electron chi connectivity index (χ0n) is 22.7. The third-order valence-electron chi connectivity index (χ3n) is 6.60. The molecule has 1 unspecified atom stereocenters. The molecule has 3 aromatic carbocycles. The smallest absolute Gasteiger partial charge is 0.227 e. The number of aromatic nitrogens is 3. The minimum Gasteiger partial charge on any atom is -0.490 e. The van der Waals surface area contributed by atoms with Crippen molar-refractivity contribution in [3.8, 4) is 11.5 Å². The fourth-order valence-corrected chi connectivity index (χ4v) is 5.84. The summed E-state index contributed by atoms with van der Waals surface area (Å²) < 4.78 is 13.9. The Balaban J connectivity index is 1.43. The molecule has 0 fully saturated rings. The van der Waals surface area contributed by atoms with Gasteiger partial charge in [-0.15, -0.1) is 5.10 Å². The Hall–Kier alpha value is -3.75. The number of hydrogen-bond acceptors (Lipinski definition) is 7. The summed E-state index contributed by atoms with van der Waals surface area (Å²) in [6.45, 7) is 6.41. The second kappa shape index (κ2) is 12.6. The molecule has 7 nitrogen and oxygen atoms in total. The summed E-state index contributed by atoms with van der Waals surface area (Å²) in [6.07, 6.45) is 0.788. The molecule has 206 valence electrons. The van der Waals surface area contributed by atoms with Gasteiger partial charge in [0, 0.05) is 28.5 Å². The van der Waals surface area contributed by atoms with Gasteiger partial charge in [-0.05, 0) is 55.7 Å². The average molecular weight is 575 g/mol. The van der Waals surface area contributed by atoms with Crippen LogP contribution in [0.1, 0.15) is 43.5 Å². The highest BCUT2D eigenvalue weighted by Crippen LogP contribution is 2.40. The van der Waals surface area contributed by atoms with E-state index in [0.29, 0.717) is 52.2 Å². The highest BCUT2D eigenvalue weighted by atomic mass is 35.5. The van der Waals surface area contributed by atoms with Crippen LogP contribution in [-0.4, -0.2) is 33.8 Å². The van der Waals surface area contributed by atoms with E-state index in [-0.39, 0.29) is 5.78 Å². The number of benzene rings is 3. The number of anilines is 1. The van der Waals surface area contributed by atoms with Crippen molar-refractivity contribution >= 4 is 35.1 Å². The van der Waals surface area contributed by atoms with Crippen LogP contribution < -0.4 is 14.8 Å². The van der Waals surface area contributed by atoms with E-state index in [9.17, 15) is 4.79 Å². The number of nitrogens with one attached hydrogen (secondary N) is 1. The Morgan fingerprint density at radius 1 is 1.05 bits per heavy atom. The molecule has 0 amide bonds. The molecule has 1 aliphatic heterocycles. The molecular weight excluding hydrogens is 544 g/mol. The summed E-state index contributed by atoms with van der Waals surface area (Å²) >= 11 is 7.84. The molecule has 9 heteroatoms. The van der Waals surface area contributed by atoms with E-state index in [1.807, 2.05) is 74.5 Å². The first-order valence-electron chi connectivity index (χ1n) is 13.2. The van der Waals surface area contributed by atoms with E-state index < -0.39 is 6.04 Å². The maximum atomic E-state index is 12.9. The number of Topliss-reactive ketones (excluding diaryl/α,β-unsaturated/α-hetero) is 1. The SMILES string of the molecule is CCOc1cc(C2C(C(C)=O)=C(C)Nc3nc(SCc4ccccc4Cl)nn32)ccc1OCCc1ccccc1. The van der Waals surface area contributed by atoms with Crippen LogP contribution in [0.3, 0.4) is 0 Å².